The van der Waals surface area contributed by atoms with Crippen molar-refractivity contribution in [2.24, 2.45) is 5.92 Å². The first kappa shape index (κ1) is 24.6. The van der Waals surface area contributed by atoms with Gasteiger partial charge in [-0.05, 0) is 23.5 Å². The molecule has 9 heteroatoms. The number of carbonyl (C=O) groups excluding carboxylic acids is 2. The summed E-state index contributed by atoms with van der Waals surface area (Å²) < 4.78 is 17.0. The fraction of sp³-hybridized carbons (Fsp3) is 0.364. The second kappa shape index (κ2) is 11.6. The first-order chi connectivity index (χ1) is 14.6. The molecular formula is C22H29N2O6P. The highest BCUT2D eigenvalue weighted by atomic mass is 31.2. The van der Waals surface area contributed by atoms with Gasteiger partial charge < -0.3 is 25.2 Å². The maximum atomic E-state index is 12.9. The molecule has 0 spiro atoms. The number of alkyl carbamates (subject to hydrolysis) is 1. The van der Waals surface area contributed by atoms with Gasteiger partial charge in [0.15, 0.2) is 0 Å². The Balaban J connectivity index is 2.10. The zero-order valence-corrected chi connectivity index (χ0v) is 18.5. The van der Waals surface area contributed by atoms with Crippen LogP contribution in [-0.2, 0) is 27.1 Å². The Morgan fingerprint density at radius 2 is 1.48 bits per heavy atom. The molecule has 31 heavy (non-hydrogen) atoms. The van der Waals surface area contributed by atoms with Gasteiger partial charge in [-0.25, -0.2) is 4.79 Å². The van der Waals surface area contributed by atoms with E-state index in [9.17, 15) is 23.9 Å². The average molecular weight is 448 g/mol. The van der Waals surface area contributed by atoms with Crippen molar-refractivity contribution in [2.45, 2.75) is 45.1 Å². The summed E-state index contributed by atoms with van der Waals surface area (Å²) in [5, 5.41) is 4.93. The van der Waals surface area contributed by atoms with Crippen molar-refractivity contribution in [2.75, 3.05) is 0 Å². The lowest BCUT2D eigenvalue weighted by Crippen LogP contribution is -2.51. The number of hydrogen-bond acceptors (Lipinski definition) is 4. The minimum Gasteiger partial charge on any atom is -0.445 e. The van der Waals surface area contributed by atoms with Crippen LogP contribution in [0, 0.1) is 5.92 Å². The van der Waals surface area contributed by atoms with Crippen molar-refractivity contribution in [3.8, 4) is 0 Å². The molecule has 0 heterocycles. The number of carbonyl (C=O) groups is 2. The van der Waals surface area contributed by atoms with E-state index in [1.165, 1.54) is 0 Å². The van der Waals surface area contributed by atoms with Gasteiger partial charge in [0.2, 0.25) is 5.91 Å². The summed E-state index contributed by atoms with van der Waals surface area (Å²) in [4.78, 5) is 44.4. The SMILES string of the molecule is CC(C)C[C@H](NC(=O)[C@@H](Cc1ccccc1)NC(=O)OCc1ccccc1)P(=O)(O)O. The third kappa shape index (κ3) is 8.92. The zero-order valence-electron chi connectivity index (χ0n) is 17.6. The second-order valence-corrected chi connectivity index (χ2v) is 9.49. The third-order valence-electron chi connectivity index (χ3n) is 4.51. The molecule has 168 valence electrons. The molecule has 0 radical (unpaired) electrons. The third-order valence-corrected chi connectivity index (χ3v) is 5.67. The van der Waals surface area contributed by atoms with E-state index in [1.54, 1.807) is 50.2 Å². The fourth-order valence-corrected chi connectivity index (χ4v) is 3.95. The Morgan fingerprint density at radius 3 is 2.00 bits per heavy atom. The average Bonchev–Trinajstić information content (AvgIpc) is 2.72. The van der Waals surface area contributed by atoms with Gasteiger partial charge in [-0.15, -0.1) is 0 Å². The summed E-state index contributed by atoms with van der Waals surface area (Å²) in [5.41, 5.74) is 1.57. The Morgan fingerprint density at radius 1 is 0.935 bits per heavy atom. The molecule has 0 aliphatic heterocycles. The van der Waals surface area contributed by atoms with Crippen LogP contribution in [0.4, 0.5) is 4.79 Å². The lowest BCUT2D eigenvalue weighted by molar-refractivity contribution is -0.123. The van der Waals surface area contributed by atoms with E-state index in [4.69, 9.17) is 4.74 Å². The van der Waals surface area contributed by atoms with Crippen molar-refractivity contribution in [3.05, 3.63) is 71.8 Å². The molecule has 2 amide bonds. The van der Waals surface area contributed by atoms with Crippen LogP contribution in [0.15, 0.2) is 60.7 Å². The molecule has 8 nitrogen and oxygen atoms in total. The van der Waals surface area contributed by atoms with Gasteiger partial charge in [-0.2, -0.15) is 0 Å². The van der Waals surface area contributed by atoms with E-state index in [-0.39, 0.29) is 25.4 Å². The number of rotatable bonds is 10. The van der Waals surface area contributed by atoms with Gasteiger partial charge in [0.1, 0.15) is 18.4 Å². The number of nitrogens with one attached hydrogen (secondary N) is 2. The van der Waals surface area contributed by atoms with Crippen molar-refractivity contribution in [3.63, 3.8) is 0 Å². The molecule has 2 rings (SSSR count). The smallest absolute Gasteiger partial charge is 0.408 e. The number of ether oxygens (including phenoxy) is 1. The number of benzene rings is 2. The highest BCUT2D eigenvalue weighted by Gasteiger charge is 2.33. The zero-order chi connectivity index (χ0) is 22.9. The molecule has 0 unspecified atom stereocenters. The van der Waals surface area contributed by atoms with E-state index >= 15 is 0 Å². The van der Waals surface area contributed by atoms with Crippen molar-refractivity contribution < 1.29 is 28.7 Å². The van der Waals surface area contributed by atoms with Crippen LogP contribution in [-0.4, -0.2) is 33.6 Å². The van der Waals surface area contributed by atoms with E-state index < -0.39 is 31.4 Å². The molecule has 4 N–H and O–H groups in total. The van der Waals surface area contributed by atoms with Gasteiger partial charge in [-0.1, -0.05) is 74.5 Å². The lowest BCUT2D eigenvalue weighted by Gasteiger charge is -2.25. The maximum absolute atomic E-state index is 12.9. The number of amides is 2. The Labute approximate surface area is 182 Å². The van der Waals surface area contributed by atoms with Crippen LogP contribution in [0.1, 0.15) is 31.4 Å². The Hall–Kier alpha value is -2.67. The topological polar surface area (TPSA) is 125 Å². The summed E-state index contributed by atoms with van der Waals surface area (Å²) in [7, 11) is -4.57. The van der Waals surface area contributed by atoms with Gasteiger partial charge in [0, 0.05) is 6.42 Å². The highest BCUT2D eigenvalue weighted by molar-refractivity contribution is 7.52. The highest BCUT2D eigenvalue weighted by Crippen LogP contribution is 2.42. The Bertz CT molecular complexity index is 885. The molecule has 0 aromatic heterocycles. The lowest BCUT2D eigenvalue weighted by atomic mass is 10.1. The predicted octanol–water partition coefficient (Wildman–Crippen LogP) is 3.19. The summed E-state index contributed by atoms with van der Waals surface area (Å²) in [5.74, 6) is -2.07. The monoisotopic (exact) mass is 448 g/mol. The van der Waals surface area contributed by atoms with Crippen molar-refractivity contribution in [1.82, 2.24) is 10.6 Å². The van der Waals surface area contributed by atoms with E-state index in [0.29, 0.717) is 0 Å². The summed E-state index contributed by atoms with van der Waals surface area (Å²) in [6.07, 6.45) is -0.550. The fourth-order valence-electron chi connectivity index (χ4n) is 2.96. The molecule has 2 aromatic carbocycles. The standard InChI is InChI=1S/C22H29N2O6P/c1-16(2)13-20(31(27,28)29)24-21(25)19(14-17-9-5-3-6-10-17)23-22(26)30-15-18-11-7-4-8-12-18/h3-12,16,19-20H,13-15H2,1-2H3,(H,23,26)(H,24,25)(H2,27,28,29)/t19-,20-/m1/s1. The van der Waals surface area contributed by atoms with Gasteiger partial charge in [0.05, 0.1) is 0 Å². The first-order valence-electron chi connectivity index (χ1n) is 10.0. The molecule has 0 aliphatic rings. The molecule has 0 bridgehead atoms. The van der Waals surface area contributed by atoms with Gasteiger partial charge in [0.25, 0.3) is 0 Å². The van der Waals surface area contributed by atoms with Crippen LogP contribution < -0.4 is 10.6 Å². The molecule has 0 aliphatic carbocycles. The molecule has 0 saturated heterocycles. The minimum absolute atomic E-state index is 0.0325. The molecule has 0 saturated carbocycles. The van der Waals surface area contributed by atoms with Gasteiger partial charge in [-0.3, -0.25) is 9.36 Å². The normalized spacial score (nSPS) is 13.3. The molecule has 0 fully saturated rings. The molecule has 2 aromatic rings. The van der Waals surface area contributed by atoms with E-state index in [1.807, 2.05) is 24.3 Å². The van der Waals surface area contributed by atoms with E-state index in [2.05, 4.69) is 10.6 Å². The van der Waals surface area contributed by atoms with E-state index in [0.717, 1.165) is 11.1 Å². The Kier molecular flexibility index (Phi) is 9.24. The maximum Gasteiger partial charge on any atom is 0.408 e. The second-order valence-electron chi connectivity index (χ2n) is 7.69. The van der Waals surface area contributed by atoms with Crippen molar-refractivity contribution >= 4 is 19.6 Å². The molecular weight excluding hydrogens is 419 g/mol. The van der Waals surface area contributed by atoms with Crippen LogP contribution in [0.3, 0.4) is 0 Å². The van der Waals surface area contributed by atoms with Crippen LogP contribution >= 0.6 is 7.60 Å². The predicted molar refractivity (Wildman–Crippen MR) is 117 cm³/mol. The van der Waals surface area contributed by atoms with Crippen LogP contribution in [0.25, 0.3) is 0 Å². The summed E-state index contributed by atoms with van der Waals surface area (Å²) >= 11 is 0. The largest absolute Gasteiger partial charge is 0.445 e. The van der Waals surface area contributed by atoms with Crippen LogP contribution in [0.5, 0.6) is 0 Å². The summed E-state index contributed by atoms with van der Waals surface area (Å²) in [6, 6.07) is 17.0. The first-order valence-corrected chi connectivity index (χ1v) is 11.7. The number of hydrogen-bond donors (Lipinski definition) is 4. The quantitative estimate of drug-likeness (QED) is 0.414. The van der Waals surface area contributed by atoms with Crippen molar-refractivity contribution in [1.29, 1.82) is 0 Å². The summed E-state index contributed by atoms with van der Waals surface area (Å²) in [6.45, 7) is 3.63. The van der Waals surface area contributed by atoms with Crippen LogP contribution in [0.2, 0.25) is 0 Å². The van der Waals surface area contributed by atoms with Gasteiger partial charge >= 0.3 is 13.7 Å². The minimum atomic E-state index is -4.57. The molecule has 2 atom stereocenters.